The highest BCUT2D eigenvalue weighted by Crippen LogP contribution is 2.40. The summed E-state index contributed by atoms with van der Waals surface area (Å²) in [5.41, 5.74) is 0.598. The van der Waals surface area contributed by atoms with E-state index < -0.39 is 3.49 Å². The van der Waals surface area contributed by atoms with Crippen LogP contribution in [0.4, 0.5) is 4.39 Å². The van der Waals surface area contributed by atoms with Gasteiger partial charge in [0.05, 0.1) is 11.6 Å². The molecular weight excluding hydrogens is 289 g/mol. The molecule has 0 aromatic heterocycles. The molecule has 0 aliphatic carbocycles. The van der Waals surface area contributed by atoms with Crippen LogP contribution in [0.25, 0.3) is 0 Å². The Bertz CT molecular complexity index is 325. The first kappa shape index (κ1) is 9.69. The van der Waals surface area contributed by atoms with Crippen LogP contribution in [0.3, 0.4) is 0 Å². The molecule has 0 atom stereocenters. The van der Waals surface area contributed by atoms with Gasteiger partial charge in [-0.3, -0.25) is 0 Å². The summed E-state index contributed by atoms with van der Waals surface area (Å²) in [5.74, 6) is 0. The summed E-state index contributed by atoms with van der Waals surface area (Å²) in [6.45, 7) is 0. The van der Waals surface area contributed by atoms with Crippen LogP contribution in [-0.4, -0.2) is 0 Å². The topological polar surface area (TPSA) is 23.8 Å². The normalized spacial score (nSPS) is 10.8. The maximum atomic E-state index is 13.3. The molecule has 12 heavy (non-hydrogen) atoms. The van der Waals surface area contributed by atoms with Crippen molar-refractivity contribution in [3.05, 3.63) is 35.4 Å². The molecule has 1 rings (SSSR count). The van der Waals surface area contributed by atoms with Gasteiger partial charge in [-0.2, -0.15) is 5.26 Å². The Morgan fingerprint density at radius 3 is 2.33 bits per heavy atom. The zero-order chi connectivity index (χ0) is 9.19. The molecule has 0 unspecified atom stereocenters. The van der Waals surface area contributed by atoms with Crippen LogP contribution in [0.15, 0.2) is 24.3 Å². The Balaban J connectivity index is 3.26. The standard InChI is InChI=1S/C8H4Br2FN/c9-8(10,11)7-4-2-1-3-6(7)5-12/h1-4H. The van der Waals surface area contributed by atoms with E-state index in [1.807, 2.05) is 6.07 Å². The lowest BCUT2D eigenvalue weighted by Gasteiger charge is -2.11. The lowest BCUT2D eigenvalue weighted by atomic mass is 10.1. The molecule has 0 heterocycles. The molecule has 0 aliphatic heterocycles. The number of halogens is 3. The highest BCUT2D eigenvalue weighted by atomic mass is 79.9. The Morgan fingerprint density at radius 1 is 1.33 bits per heavy atom. The van der Waals surface area contributed by atoms with Gasteiger partial charge in [0, 0.05) is 5.56 Å². The second-order valence-electron chi connectivity index (χ2n) is 2.16. The monoisotopic (exact) mass is 291 g/mol. The summed E-state index contributed by atoms with van der Waals surface area (Å²) in [7, 11) is 0. The third-order valence-electron chi connectivity index (χ3n) is 1.35. The Morgan fingerprint density at radius 2 is 1.92 bits per heavy atom. The van der Waals surface area contributed by atoms with Crippen LogP contribution >= 0.6 is 31.9 Å². The van der Waals surface area contributed by atoms with Crippen LogP contribution in [0.1, 0.15) is 11.1 Å². The first-order valence-corrected chi connectivity index (χ1v) is 4.70. The largest absolute Gasteiger partial charge is 0.245 e. The molecule has 0 saturated heterocycles. The summed E-state index contributed by atoms with van der Waals surface area (Å²) < 4.78 is 11.4. The van der Waals surface area contributed by atoms with Crippen LogP contribution < -0.4 is 0 Å². The summed E-state index contributed by atoms with van der Waals surface area (Å²) in [4.78, 5) is 0. The third kappa shape index (κ3) is 2.05. The molecule has 0 spiro atoms. The molecule has 1 aromatic carbocycles. The van der Waals surface area contributed by atoms with Crippen molar-refractivity contribution in [3.8, 4) is 6.07 Å². The van der Waals surface area contributed by atoms with E-state index in [9.17, 15) is 4.39 Å². The van der Waals surface area contributed by atoms with Crippen molar-refractivity contribution >= 4 is 31.9 Å². The van der Waals surface area contributed by atoms with Gasteiger partial charge in [0.1, 0.15) is 0 Å². The van der Waals surface area contributed by atoms with Gasteiger partial charge >= 0.3 is 0 Å². The molecule has 0 bridgehead atoms. The smallest absolute Gasteiger partial charge is 0.213 e. The second kappa shape index (κ2) is 3.55. The molecule has 0 amide bonds. The lowest BCUT2D eigenvalue weighted by Crippen LogP contribution is -2.02. The minimum atomic E-state index is -1.81. The van der Waals surface area contributed by atoms with Crippen molar-refractivity contribution in [2.75, 3.05) is 0 Å². The van der Waals surface area contributed by atoms with Gasteiger partial charge in [-0.05, 0) is 37.9 Å². The van der Waals surface area contributed by atoms with Crippen molar-refractivity contribution in [2.45, 2.75) is 3.49 Å². The molecule has 1 nitrogen and oxygen atoms in total. The van der Waals surface area contributed by atoms with Crippen molar-refractivity contribution in [2.24, 2.45) is 0 Å². The fraction of sp³-hybridized carbons (Fsp3) is 0.125. The Kier molecular flexibility index (Phi) is 2.86. The van der Waals surface area contributed by atoms with Crippen molar-refractivity contribution in [3.63, 3.8) is 0 Å². The molecule has 0 aliphatic rings. The van der Waals surface area contributed by atoms with Gasteiger partial charge in [0.2, 0.25) is 3.49 Å². The predicted molar refractivity (Wildman–Crippen MR) is 51.8 cm³/mol. The number of hydrogen-bond acceptors (Lipinski definition) is 1. The first-order valence-electron chi connectivity index (χ1n) is 3.12. The molecule has 0 fully saturated rings. The highest BCUT2D eigenvalue weighted by molar-refractivity contribution is 9.24. The second-order valence-corrected chi connectivity index (χ2v) is 5.40. The number of alkyl halides is 3. The van der Waals surface area contributed by atoms with E-state index in [-0.39, 0.29) is 5.56 Å². The predicted octanol–water partition coefficient (Wildman–Crippen LogP) is 3.43. The number of nitriles is 1. The minimum Gasteiger partial charge on any atom is -0.213 e. The van der Waals surface area contributed by atoms with Gasteiger partial charge in [0.15, 0.2) is 0 Å². The zero-order valence-electron chi connectivity index (χ0n) is 5.89. The van der Waals surface area contributed by atoms with Gasteiger partial charge in [-0.15, -0.1) is 0 Å². The highest BCUT2D eigenvalue weighted by Gasteiger charge is 2.26. The fourth-order valence-electron chi connectivity index (χ4n) is 0.828. The van der Waals surface area contributed by atoms with E-state index in [1.165, 1.54) is 0 Å². The molecule has 62 valence electrons. The lowest BCUT2D eigenvalue weighted by molar-refractivity contribution is 0.444. The van der Waals surface area contributed by atoms with E-state index >= 15 is 0 Å². The van der Waals surface area contributed by atoms with Crippen molar-refractivity contribution in [1.29, 1.82) is 5.26 Å². The van der Waals surface area contributed by atoms with Crippen LogP contribution in [0, 0.1) is 11.3 Å². The minimum absolute atomic E-state index is 0.285. The molecule has 0 saturated carbocycles. The maximum Gasteiger partial charge on any atom is 0.245 e. The number of hydrogen-bond donors (Lipinski definition) is 0. The average molecular weight is 293 g/mol. The van der Waals surface area contributed by atoms with Crippen molar-refractivity contribution < 1.29 is 4.39 Å². The Hall–Kier alpha value is -0.400. The summed E-state index contributed by atoms with van der Waals surface area (Å²) >= 11 is 5.55. The Labute approximate surface area is 86.5 Å². The van der Waals surface area contributed by atoms with E-state index in [4.69, 9.17) is 5.26 Å². The molecule has 0 N–H and O–H groups in total. The van der Waals surface area contributed by atoms with Crippen LogP contribution in [-0.2, 0) is 3.49 Å². The summed E-state index contributed by atoms with van der Waals surface area (Å²) in [6, 6.07) is 8.37. The number of benzene rings is 1. The van der Waals surface area contributed by atoms with Gasteiger partial charge in [-0.25, -0.2) is 4.39 Å². The fourth-order valence-corrected chi connectivity index (χ4v) is 1.52. The van der Waals surface area contributed by atoms with Gasteiger partial charge < -0.3 is 0 Å². The average Bonchev–Trinajstić information content (AvgIpc) is 2.03. The molecule has 4 heteroatoms. The molecule has 0 radical (unpaired) electrons. The molecule has 1 aromatic rings. The van der Waals surface area contributed by atoms with E-state index in [0.717, 1.165) is 0 Å². The van der Waals surface area contributed by atoms with E-state index in [2.05, 4.69) is 31.9 Å². The summed E-state index contributed by atoms with van der Waals surface area (Å²) in [6.07, 6.45) is 0. The molecular formula is C8H4Br2FN. The van der Waals surface area contributed by atoms with Crippen LogP contribution in [0.5, 0.6) is 0 Å². The van der Waals surface area contributed by atoms with E-state index in [0.29, 0.717) is 5.56 Å². The van der Waals surface area contributed by atoms with E-state index in [1.54, 1.807) is 24.3 Å². The summed E-state index contributed by atoms with van der Waals surface area (Å²) in [5, 5.41) is 8.62. The zero-order valence-corrected chi connectivity index (χ0v) is 9.06. The number of nitrogens with zero attached hydrogens (tertiary/aromatic N) is 1. The first-order chi connectivity index (χ1) is 5.55. The third-order valence-corrected chi connectivity index (χ3v) is 2.21. The van der Waals surface area contributed by atoms with Gasteiger partial charge in [0.25, 0.3) is 0 Å². The van der Waals surface area contributed by atoms with Crippen LogP contribution in [0.2, 0.25) is 0 Å². The number of rotatable bonds is 1. The maximum absolute atomic E-state index is 13.3. The van der Waals surface area contributed by atoms with Crippen molar-refractivity contribution in [1.82, 2.24) is 0 Å². The van der Waals surface area contributed by atoms with Gasteiger partial charge in [-0.1, -0.05) is 18.2 Å². The SMILES string of the molecule is N#Cc1ccccc1C(F)(Br)Br. The quantitative estimate of drug-likeness (QED) is 0.728.